The molecule has 0 amide bonds. The van der Waals surface area contributed by atoms with Gasteiger partial charge in [-0.15, -0.1) is 0 Å². The van der Waals surface area contributed by atoms with Crippen LogP contribution in [0.15, 0.2) is 29.8 Å². The van der Waals surface area contributed by atoms with Gasteiger partial charge >= 0.3 is 0 Å². The number of fused-ring (bicyclic) bond motifs is 2. The Kier molecular flexibility index (Phi) is 2.37. The number of rotatable bonds is 1. The smallest absolute Gasteiger partial charge is 0.162 e. The summed E-state index contributed by atoms with van der Waals surface area (Å²) in [5.41, 5.74) is 1.81. The second-order valence-electron chi connectivity index (χ2n) is 6.10. The maximum Gasteiger partial charge on any atom is 0.162 e. The van der Waals surface area contributed by atoms with Crippen LogP contribution in [0.3, 0.4) is 0 Å². The van der Waals surface area contributed by atoms with E-state index in [-0.39, 0.29) is 22.9 Å². The fourth-order valence-electron chi connectivity index (χ4n) is 3.32. The molecule has 0 radical (unpaired) electrons. The van der Waals surface area contributed by atoms with Crippen LogP contribution in [0, 0.1) is 17.3 Å². The van der Waals surface area contributed by atoms with Crippen molar-refractivity contribution < 1.29 is 9.90 Å². The number of para-hydroxylation sites is 1. The molecule has 0 saturated heterocycles. The molecule has 0 heterocycles. The van der Waals surface area contributed by atoms with E-state index in [1.165, 1.54) is 0 Å². The normalized spacial score (nSPS) is 31.2. The lowest BCUT2D eigenvalue weighted by atomic mass is 9.47. The molecule has 3 fully saturated rings. The van der Waals surface area contributed by atoms with Gasteiger partial charge in [0.05, 0.1) is 0 Å². The predicted molar refractivity (Wildman–Crippen MR) is 71.1 cm³/mol. The molecule has 2 unspecified atom stereocenters. The Morgan fingerprint density at radius 1 is 1.33 bits per heavy atom. The van der Waals surface area contributed by atoms with Crippen LogP contribution < -0.4 is 0 Å². The highest BCUT2D eigenvalue weighted by atomic mass is 16.3. The summed E-state index contributed by atoms with van der Waals surface area (Å²) in [4.78, 5) is 12.3. The number of hydrogen-bond donors (Lipinski definition) is 1. The first-order valence-electron chi connectivity index (χ1n) is 6.53. The molecule has 4 rings (SSSR count). The van der Waals surface area contributed by atoms with Crippen molar-refractivity contribution in [2.75, 3.05) is 0 Å². The summed E-state index contributed by atoms with van der Waals surface area (Å²) in [6, 6.07) is 7.18. The lowest BCUT2D eigenvalue weighted by Gasteiger charge is -2.56. The zero-order valence-corrected chi connectivity index (χ0v) is 10.8. The molecule has 2 atom stereocenters. The van der Waals surface area contributed by atoms with Crippen LogP contribution in [0.1, 0.15) is 32.3 Å². The minimum absolute atomic E-state index is 0.174. The molecule has 0 aliphatic heterocycles. The first kappa shape index (κ1) is 11.5. The Hall–Kier alpha value is -1.57. The van der Waals surface area contributed by atoms with E-state index >= 15 is 0 Å². The molecule has 3 aliphatic rings. The van der Waals surface area contributed by atoms with Gasteiger partial charge in [-0.1, -0.05) is 32.0 Å². The van der Waals surface area contributed by atoms with E-state index < -0.39 is 0 Å². The quantitative estimate of drug-likeness (QED) is 0.766. The zero-order valence-electron chi connectivity index (χ0n) is 10.8. The molecule has 2 heteroatoms. The maximum atomic E-state index is 12.3. The summed E-state index contributed by atoms with van der Waals surface area (Å²) in [6.07, 6.45) is 3.77. The third kappa shape index (κ3) is 1.52. The Labute approximate surface area is 107 Å². The van der Waals surface area contributed by atoms with Crippen LogP contribution in [0.2, 0.25) is 0 Å². The SMILES string of the molecule is CC1(C)C2C/C(=C/c3ccccc3O)C(=O)C1C2. The van der Waals surface area contributed by atoms with Gasteiger partial charge in [0.25, 0.3) is 0 Å². The molecular formula is C16H18O2. The van der Waals surface area contributed by atoms with Gasteiger partial charge < -0.3 is 5.11 Å². The third-order valence-corrected chi connectivity index (χ3v) is 4.84. The van der Waals surface area contributed by atoms with Crippen molar-refractivity contribution in [2.24, 2.45) is 17.3 Å². The summed E-state index contributed by atoms with van der Waals surface area (Å²) in [7, 11) is 0. The van der Waals surface area contributed by atoms with Gasteiger partial charge in [0.15, 0.2) is 5.78 Å². The highest BCUT2D eigenvalue weighted by Crippen LogP contribution is 2.59. The van der Waals surface area contributed by atoms with Crippen molar-refractivity contribution in [1.82, 2.24) is 0 Å². The average molecular weight is 242 g/mol. The number of carbonyl (C=O) groups is 1. The summed E-state index contributed by atoms with van der Waals surface area (Å²) in [6.45, 7) is 4.39. The van der Waals surface area contributed by atoms with Gasteiger partial charge in [-0.3, -0.25) is 4.79 Å². The molecule has 18 heavy (non-hydrogen) atoms. The van der Waals surface area contributed by atoms with Crippen LogP contribution in [0.5, 0.6) is 5.75 Å². The Morgan fingerprint density at radius 3 is 2.67 bits per heavy atom. The molecule has 2 nitrogen and oxygen atoms in total. The van der Waals surface area contributed by atoms with Gasteiger partial charge in [0.2, 0.25) is 0 Å². The third-order valence-electron chi connectivity index (χ3n) is 4.84. The summed E-state index contributed by atoms with van der Waals surface area (Å²) in [5, 5.41) is 9.75. The number of ketones is 1. The molecule has 2 bridgehead atoms. The van der Waals surface area contributed by atoms with Crippen LogP contribution in [0.25, 0.3) is 6.08 Å². The largest absolute Gasteiger partial charge is 0.507 e. The average Bonchev–Trinajstić information content (AvgIpc) is 2.33. The number of aromatic hydroxyl groups is 1. The van der Waals surface area contributed by atoms with Gasteiger partial charge in [0.1, 0.15) is 5.75 Å². The Bertz CT molecular complexity index is 540. The molecule has 0 aromatic heterocycles. The zero-order chi connectivity index (χ0) is 12.9. The van der Waals surface area contributed by atoms with Crippen LogP contribution in [-0.4, -0.2) is 10.9 Å². The van der Waals surface area contributed by atoms with E-state index in [1.54, 1.807) is 12.1 Å². The number of carbonyl (C=O) groups excluding carboxylic acids is 1. The van der Waals surface area contributed by atoms with Crippen molar-refractivity contribution in [3.8, 4) is 5.75 Å². The van der Waals surface area contributed by atoms with E-state index in [1.807, 2.05) is 18.2 Å². The van der Waals surface area contributed by atoms with Crippen LogP contribution in [0.4, 0.5) is 0 Å². The second-order valence-corrected chi connectivity index (χ2v) is 6.10. The maximum absolute atomic E-state index is 12.3. The fourth-order valence-corrected chi connectivity index (χ4v) is 3.32. The second kappa shape index (κ2) is 3.71. The molecule has 3 aliphatic carbocycles. The number of benzene rings is 1. The lowest BCUT2D eigenvalue weighted by Crippen LogP contribution is -2.53. The number of allylic oxidation sites excluding steroid dienone is 1. The van der Waals surface area contributed by atoms with Crippen molar-refractivity contribution in [3.05, 3.63) is 35.4 Å². The van der Waals surface area contributed by atoms with Crippen molar-refractivity contribution in [2.45, 2.75) is 26.7 Å². The van der Waals surface area contributed by atoms with E-state index in [4.69, 9.17) is 0 Å². The van der Waals surface area contributed by atoms with E-state index in [9.17, 15) is 9.90 Å². The summed E-state index contributed by atoms with van der Waals surface area (Å²) in [5.74, 6) is 1.34. The van der Waals surface area contributed by atoms with Gasteiger partial charge in [-0.25, -0.2) is 0 Å². The molecule has 3 saturated carbocycles. The van der Waals surface area contributed by atoms with Gasteiger partial charge in [-0.2, -0.15) is 0 Å². The minimum atomic E-state index is 0.174. The highest BCUT2D eigenvalue weighted by molar-refractivity contribution is 6.03. The first-order chi connectivity index (χ1) is 8.50. The van der Waals surface area contributed by atoms with Crippen LogP contribution >= 0.6 is 0 Å². The molecule has 0 spiro atoms. The van der Waals surface area contributed by atoms with Gasteiger partial charge in [0, 0.05) is 11.5 Å². The van der Waals surface area contributed by atoms with Crippen LogP contribution in [-0.2, 0) is 4.79 Å². The number of phenolic OH excluding ortho intramolecular Hbond substituents is 1. The number of phenols is 1. The highest BCUT2D eigenvalue weighted by Gasteiger charge is 2.55. The molecule has 1 aromatic rings. The molecule has 1 N–H and O–H groups in total. The van der Waals surface area contributed by atoms with Gasteiger partial charge in [-0.05, 0) is 41.9 Å². The molecule has 1 aromatic carbocycles. The number of Topliss-reactive ketones (excluding diaryl/α,β-unsaturated/α-hetero) is 1. The lowest BCUT2D eigenvalue weighted by molar-refractivity contribution is -0.140. The fraction of sp³-hybridized carbons (Fsp3) is 0.438. The first-order valence-corrected chi connectivity index (χ1v) is 6.53. The van der Waals surface area contributed by atoms with Crippen molar-refractivity contribution in [1.29, 1.82) is 0 Å². The predicted octanol–water partition coefficient (Wildman–Crippen LogP) is 3.41. The molecular weight excluding hydrogens is 224 g/mol. The number of hydrogen-bond acceptors (Lipinski definition) is 2. The van der Waals surface area contributed by atoms with E-state index in [0.29, 0.717) is 5.92 Å². The van der Waals surface area contributed by atoms with E-state index in [2.05, 4.69) is 13.8 Å². The monoisotopic (exact) mass is 242 g/mol. The van der Waals surface area contributed by atoms with Crippen molar-refractivity contribution >= 4 is 11.9 Å². The van der Waals surface area contributed by atoms with E-state index in [0.717, 1.165) is 24.0 Å². The summed E-state index contributed by atoms with van der Waals surface area (Å²) >= 11 is 0. The van der Waals surface area contributed by atoms with Crippen molar-refractivity contribution in [3.63, 3.8) is 0 Å². The Morgan fingerprint density at radius 2 is 2.06 bits per heavy atom. The topological polar surface area (TPSA) is 37.3 Å². The summed E-state index contributed by atoms with van der Waals surface area (Å²) < 4.78 is 0. The minimum Gasteiger partial charge on any atom is -0.507 e. The standard InChI is InChI=1S/C16H18O2/c1-16(2)12-8-11(15(18)13(16)9-12)7-10-5-3-4-6-14(10)17/h3-7,12-13,17H,8-9H2,1-2H3/b11-7-. The molecule has 94 valence electrons. The Balaban J connectivity index is 1.92.